The fraction of sp³-hybridized carbons (Fsp3) is 0.286. The van der Waals surface area contributed by atoms with Crippen molar-refractivity contribution in [3.8, 4) is 0 Å². The molecule has 0 unspecified atom stereocenters. The van der Waals surface area contributed by atoms with Crippen molar-refractivity contribution in [1.29, 1.82) is 0 Å². The van der Waals surface area contributed by atoms with Crippen LogP contribution in [0.15, 0.2) is 11.0 Å². The van der Waals surface area contributed by atoms with Crippen LogP contribution in [0.1, 0.15) is 0 Å². The third-order valence-electron chi connectivity index (χ3n) is 1.61. The lowest BCUT2D eigenvalue weighted by molar-refractivity contribution is 0.266. The highest BCUT2D eigenvalue weighted by atomic mass is 32.1. The zero-order chi connectivity index (χ0) is 9.26. The first-order chi connectivity index (χ1) is 6.33. The van der Waals surface area contributed by atoms with Crippen LogP contribution >= 0.6 is 11.3 Å². The van der Waals surface area contributed by atoms with E-state index in [1.807, 2.05) is 0 Å². The average molecular weight is 196 g/mol. The van der Waals surface area contributed by atoms with E-state index in [4.69, 9.17) is 5.11 Å². The Morgan fingerprint density at radius 2 is 2.54 bits per heavy atom. The van der Waals surface area contributed by atoms with Crippen molar-refractivity contribution in [3.63, 3.8) is 0 Å². The quantitative estimate of drug-likeness (QED) is 0.712. The Bertz CT molecular complexity index is 476. The number of hydrogen-bond acceptors (Lipinski definition) is 5. The minimum Gasteiger partial charge on any atom is -0.394 e. The van der Waals surface area contributed by atoms with Crippen LogP contribution in [0.5, 0.6) is 0 Å². The minimum atomic E-state index is -0.274. The van der Waals surface area contributed by atoms with Crippen LogP contribution in [-0.2, 0) is 6.54 Å². The zero-order valence-corrected chi connectivity index (χ0v) is 7.41. The Kier molecular flexibility index (Phi) is 2.07. The molecule has 1 radical (unpaired) electrons. The van der Waals surface area contributed by atoms with Crippen molar-refractivity contribution < 1.29 is 5.11 Å². The van der Waals surface area contributed by atoms with E-state index < -0.39 is 0 Å². The van der Waals surface area contributed by atoms with Crippen molar-refractivity contribution in [2.24, 2.45) is 0 Å². The molecule has 0 aliphatic rings. The third-order valence-corrected chi connectivity index (χ3v) is 2.31. The Morgan fingerprint density at radius 1 is 1.69 bits per heavy atom. The molecule has 0 bridgehead atoms. The van der Waals surface area contributed by atoms with Gasteiger partial charge in [0.25, 0.3) is 5.56 Å². The molecule has 2 heterocycles. The Labute approximate surface area is 77.3 Å². The third kappa shape index (κ3) is 1.34. The molecule has 2 rings (SSSR count). The van der Waals surface area contributed by atoms with Crippen molar-refractivity contribution in [3.05, 3.63) is 22.1 Å². The molecule has 13 heavy (non-hydrogen) atoms. The summed E-state index contributed by atoms with van der Waals surface area (Å²) in [5.41, 5.74) is 2.72. The smallest absolute Gasteiger partial charge is 0.294 e. The van der Waals surface area contributed by atoms with Gasteiger partial charge in [-0.25, -0.2) is 9.67 Å². The SMILES string of the molecule is O=c1c2n[c]sc2cnn1CCO. The summed E-state index contributed by atoms with van der Waals surface area (Å²) in [6, 6.07) is 0. The minimum absolute atomic E-state index is 0.105. The van der Waals surface area contributed by atoms with Gasteiger partial charge in [0, 0.05) is 0 Å². The van der Waals surface area contributed by atoms with Gasteiger partial charge in [0.05, 0.1) is 24.0 Å². The molecule has 2 aromatic heterocycles. The molecule has 6 heteroatoms. The van der Waals surface area contributed by atoms with Gasteiger partial charge in [0.15, 0.2) is 11.0 Å². The van der Waals surface area contributed by atoms with Crippen LogP contribution in [-0.4, -0.2) is 26.5 Å². The first-order valence-corrected chi connectivity index (χ1v) is 4.48. The normalized spacial score (nSPS) is 10.8. The van der Waals surface area contributed by atoms with E-state index in [1.54, 1.807) is 6.20 Å². The van der Waals surface area contributed by atoms with Crippen molar-refractivity contribution in [2.75, 3.05) is 6.61 Å². The number of thiazole rings is 1. The van der Waals surface area contributed by atoms with Gasteiger partial charge in [0.1, 0.15) is 0 Å². The van der Waals surface area contributed by atoms with Gasteiger partial charge in [-0.2, -0.15) is 5.10 Å². The lowest BCUT2D eigenvalue weighted by Crippen LogP contribution is -2.24. The summed E-state index contributed by atoms with van der Waals surface area (Å²) in [4.78, 5) is 15.3. The predicted octanol–water partition coefficient (Wildman–Crippen LogP) is -0.355. The zero-order valence-electron chi connectivity index (χ0n) is 6.60. The molecule has 0 aliphatic carbocycles. The van der Waals surface area contributed by atoms with E-state index in [9.17, 15) is 4.79 Å². The van der Waals surface area contributed by atoms with Gasteiger partial charge < -0.3 is 5.11 Å². The van der Waals surface area contributed by atoms with Crippen LogP contribution in [0.2, 0.25) is 0 Å². The monoisotopic (exact) mass is 196 g/mol. The van der Waals surface area contributed by atoms with E-state index in [0.717, 1.165) is 4.70 Å². The largest absolute Gasteiger partial charge is 0.394 e. The van der Waals surface area contributed by atoms with Gasteiger partial charge in [-0.05, 0) is 0 Å². The topological polar surface area (TPSA) is 68.0 Å². The van der Waals surface area contributed by atoms with Gasteiger partial charge in [-0.1, -0.05) is 0 Å². The number of rotatable bonds is 2. The summed E-state index contributed by atoms with van der Waals surface area (Å²) in [7, 11) is 0. The van der Waals surface area contributed by atoms with E-state index in [-0.39, 0.29) is 18.7 Å². The van der Waals surface area contributed by atoms with Gasteiger partial charge >= 0.3 is 0 Å². The van der Waals surface area contributed by atoms with E-state index in [1.165, 1.54) is 16.0 Å². The lowest BCUT2D eigenvalue weighted by Gasteiger charge is -1.99. The van der Waals surface area contributed by atoms with Crippen LogP contribution in [0.4, 0.5) is 0 Å². The maximum atomic E-state index is 11.5. The molecule has 0 atom stereocenters. The van der Waals surface area contributed by atoms with Crippen molar-refractivity contribution >= 4 is 21.6 Å². The highest BCUT2D eigenvalue weighted by Crippen LogP contribution is 2.10. The van der Waals surface area contributed by atoms with E-state index >= 15 is 0 Å². The first-order valence-electron chi connectivity index (χ1n) is 3.66. The van der Waals surface area contributed by atoms with Gasteiger partial charge in [0.2, 0.25) is 0 Å². The Balaban J connectivity index is 2.67. The van der Waals surface area contributed by atoms with E-state index in [0.29, 0.717) is 5.52 Å². The second-order valence-electron chi connectivity index (χ2n) is 2.41. The van der Waals surface area contributed by atoms with Crippen molar-refractivity contribution in [1.82, 2.24) is 14.8 Å². The summed E-state index contributed by atoms with van der Waals surface area (Å²) in [6.45, 7) is 0.0958. The molecular weight excluding hydrogens is 190 g/mol. The maximum absolute atomic E-state index is 11.5. The molecule has 0 saturated heterocycles. The first kappa shape index (κ1) is 8.33. The highest BCUT2D eigenvalue weighted by Gasteiger charge is 2.05. The summed E-state index contributed by atoms with van der Waals surface area (Å²) < 4.78 is 1.91. The van der Waals surface area contributed by atoms with Gasteiger partial charge in [-0.15, -0.1) is 11.3 Å². The average Bonchev–Trinajstić information content (AvgIpc) is 2.58. The Morgan fingerprint density at radius 3 is 3.31 bits per heavy atom. The van der Waals surface area contributed by atoms with E-state index in [2.05, 4.69) is 15.6 Å². The number of aliphatic hydroxyl groups excluding tert-OH is 1. The molecule has 0 fully saturated rings. The second-order valence-corrected chi connectivity index (χ2v) is 3.24. The molecule has 2 aromatic rings. The maximum Gasteiger partial charge on any atom is 0.294 e. The summed E-state index contributed by atoms with van der Waals surface area (Å²) in [6.07, 6.45) is 1.56. The number of nitrogens with zero attached hydrogens (tertiary/aromatic N) is 3. The van der Waals surface area contributed by atoms with Crippen LogP contribution in [0, 0.1) is 5.51 Å². The second kappa shape index (κ2) is 3.23. The standard InChI is InChI=1S/C7H6N3O2S/c11-2-1-10-7(12)6-5(3-9-10)13-4-8-6/h3,11H,1-2H2. The number of fused-ring (bicyclic) bond motifs is 1. The molecule has 0 saturated carbocycles. The highest BCUT2D eigenvalue weighted by molar-refractivity contribution is 7.16. The molecule has 1 N–H and O–H groups in total. The molecular formula is C7H6N3O2S. The number of aliphatic hydroxyl groups is 1. The Hall–Kier alpha value is -1.27. The van der Waals surface area contributed by atoms with Crippen LogP contribution in [0.3, 0.4) is 0 Å². The lowest BCUT2D eigenvalue weighted by atomic mass is 10.5. The number of aromatic nitrogens is 3. The fourth-order valence-corrected chi connectivity index (χ4v) is 1.58. The molecule has 0 spiro atoms. The summed E-state index contributed by atoms with van der Waals surface area (Å²) in [5.74, 6) is 0. The predicted molar refractivity (Wildman–Crippen MR) is 47.6 cm³/mol. The molecule has 67 valence electrons. The molecule has 0 aromatic carbocycles. The van der Waals surface area contributed by atoms with Crippen molar-refractivity contribution in [2.45, 2.75) is 6.54 Å². The van der Waals surface area contributed by atoms with Crippen LogP contribution in [0.25, 0.3) is 10.2 Å². The van der Waals surface area contributed by atoms with Crippen LogP contribution < -0.4 is 5.56 Å². The molecule has 0 aliphatic heterocycles. The summed E-state index contributed by atoms with van der Waals surface area (Å²) in [5, 5.41) is 12.5. The van der Waals surface area contributed by atoms with Gasteiger partial charge in [-0.3, -0.25) is 4.79 Å². The fourth-order valence-electron chi connectivity index (χ4n) is 1.01. The molecule has 5 nitrogen and oxygen atoms in total. The summed E-state index contributed by atoms with van der Waals surface area (Å²) >= 11 is 1.25. The number of hydrogen-bond donors (Lipinski definition) is 1. The molecule has 0 amide bonds.